The van der Waals surface area contributed by atoms with E-state index in [1.54, 1.807) is 29.7 Å². The van der Waals surface area contributed by atoms with E-state index in [2.05, 4.69) is 4.90 Å². The number of nitrogens with one attached hydrogen (secondary N) is 1. The third-order valence-corrected chi connectivity index (χ3v) is 6.77. The van der Waals surface area contributed by atoms with Gasteiger partial charge in [0, 0.05) is 26.7 Å². The van der Waals surface area contributed by atoms with Crippen molar-refractivity contribution in [2.45, 2.75) is 11.4 Å². The first kappa shape index (κ1) is 22.0. The number of nitrogens with zero attached hydrogens (tertiary/aromatic N) is 2. The zero-order valence-electron chi connectivity index (χ0n) is 16.9. The Balaban J connectivity index is 2.04. The third kappa shape index (κ3) is 4.57. The molecule has 1 saturated heterocycles. The third-order valence-electron chi connectivity index (χ3n) is 5.00. The van der Waals surface area contributed by atoms with Gasteiger partial charge in [0.15, 0.2) is 0 Å². The molecule has 1 aliphatic rings. The van der Waals surface area contributed by atoms with Crippen molar-refractivity contribution in [1.29, 1.82) is 0 Å². The Hall–Kier alpha value is -2.66. The van der Waals surface area contributed by atoms with Crippen molar-refractivity contribution in [3.05, 3.63) is 53.6 Å². The van der Waals surface area contributed by atoms with Crippen molar-refractivity contribution >= 4 is 21.6 Å². The fourth-order valence-corrected chi connectivity index (χ4v) is 4.61. The molecule has 0 atom stereocenters. The second-order valence-electron chi connectivity index (χ2n) is 6.79. The van der Waals surface area contributed by atoms with Gasteiger partial charge in [0.25, 0.3) is 15.9 Å². The van der Waals surface area contributed by atoms with Gasteiger partial charge in [0.1, 0.15) is 5.75 Å². The number of hydrogen-bond acceptors (Lipinski definition) is 7. The zero-order chi connectivity index (χ0) is 21.7. The molecule has 1 fully saturated rings. The summed E-state index contributed by atoms with van der Waals surface area (Å²) in [5, 5.41) is 9.18. The summed E-state index contributed by atoms with van der Waals surface area (Å²) in [5.74, 6) is -0.254. The van der Waals surface area contributed by atoms with Crippen LogP contribution in [0, 0.1) is 0 Å². The molecule has 0 radical (unpaired) electrons. The lowest BCUT2D eigenvalue weighted by Crippen LogP contribution is -2.37. The summed E-state index contributed by atoms with van der Waals surface area (Å²) in [7, 11) is -1.08. The lowest BCUT2D eigenvalue weighted by molar-refractivity contribution is 0.0342. The molecule has 1 heterocycles. The van der Waals surface area contributed by atoms with Crippen LogP contribution >= 0.6 is 0 Å². The highest BCUT2D eigenvalue weighted by Crippen LogP contribution is 2.31. The molecule has 0 spiro atoms. The van der Waals surface area contributed by atoms with Crippen molar-refractivity contribution in [2.24, 2.45) is 0 Å². The molecule has 0 saturated carbocycles. The van der Waals surface area contributed by atoms with Gasteiger partial charge in [0.05, 0.1) is 36.5 Å². The fraction of sp³-hybridized carbons (Fsp3) is 0.350. The monoisotopic (exact) mass is 435 g/mol. The summed E-state index contributed by atoms with van der Waals surface area (Å²) in [6.45, 7) is 3.02. The van der Waals surface area contributed by atoms with E-state index in [0.29, 0.717) is 44.2 Å². The maximum absolute atomic E-state index is 13.3. The SMILES string of the molecule is COc1ccc(S(=O)(=O)N(C)c2c(CN3CCOCC3)cccc2C(=O)NO)cc1. The number of methoxy groups -OCH3 is 1. The van der Waals surface area contributed by atoms with E-state index in [-0.39, 0.29) is 16.1 Å². The number of amides is 1. The number of carbonyl (C=O) groups excluding carboxylic acids is 1. The number of ether oxygens (including phenoxy) is 2. The van der Waals surface area contributed by atoms with Crippen LogP contribution < -0.4 is 14.5 Å². The number of morpholine rings is 1. The lowest BCUT2D eigenvalue weighted by atomic mass is 10.1. The molecule has 30 heavy (non-hydrogen) atoms. The molecule has 2 N–H and O–H groups in total. The number of hydrogen-bond donors (Lipinski definition) is 2. The van der Waals surface area contributed by atoms with Crippen LogP contribution in [-0.2, 0) is 21.3 Å². The van der Waals surface area contributed by atoms with E-state index in [0.717, 1.165) is 4.31 Å². The van der Waals surface area contributed by atoms with Crippen LogP contribution in [0.25, 0.3) is 0 Å². The predicted molar refractivity (Wildman–Crippen MR) is 110 cm³/mol. The summed E-state index contributed by atoms with van der Waals surface area (Å²) in [6.07, 6.45) is 0. The minimum atomic E-state index is -3.97. The van der Waals surface area contributed by atoms with Crippen LogP contribution in [0.1, 0.15) is 15.9 Å². The van der Waals surface area contributed by atoms with Gasteiger partial charge < -0.3 is 9.47 Å². The van der Waals surface area contributed by atoms with E-state index in [1.807, 2.05) is 0 Å². The number of para-hydroxylation sites is 1. The number of sulfonamides is 1. The predicted octanol–water partition coefficient (Wildman–Crippen LogP) is 1.47. The van der Waals surface area contributed by atoms with Crippen molar-refractivity contribution in [1.82, 2.24) is 10.4 Å². The summed E-state index contributed by atoms with van der Waals surface area (Å²) >= 11 is 0. The van der Waals surface area contributed by atoms with Crippen LogP contribution in [-0.4, -0.2) is 64.9 Å². The van der Waals surface area contributed by atoms with Gasteiger partial charge in [-0.05, 0) is 35.9 Å². The minimum absolute atomic E-state index is 0.0577. The maximum atomic E-state index is 13.3. The molecule has 1 amide bonds. The Morgan fingerprint density at radius 1 is 1.20 bits per heavy atom. The van der Waals surface area contributed by atoms with E-state index in [4.69, 9.17) is 9.47 Å². The summed E-state index contributed by atoms with van der Waals surface area (Å²) in [4.78, 5) is 14.5. The molecule has 0 aromatic heterocycles. The molecule has 0 aliphatic carbocycles. The quantitative estimate of drug-likeness (QED) is 0.501. The van der Waals surface area contributed by atoms with Crippen molar-refractivity contribution < 1.29 is 27.9 Å². The summed E-state index contributed by atoms with van der Waals surface area (Å²) in [6, 6.07) is 10.9. The smallest absolute Gasteiger partial charge is 0.276 e. The van der Waals surface area contributed by atoms with E-state index in [9.17, 15) is 18.4 Å². The van der Waals surface area contributed by atoms with E-state index in [1.165, 1.54) is 32.4 Å². The van der Waals surface area contributed by atoms with Gasteiger partial charge in [-0.25, -0.2) is 13.9 Å². The highest BCUT2D eigenvalue weighted by molar-refractivity contribution is 7.92. The Morgan fingerprint density at radius 3 is 2.47 bits per heavy atom. The van der Waals surface area contributed by atoms with Gasteiger partial charge in [-0.2, -0.15) is 0 Å². The van der Waals surface area contributed by atoms with Crippen molar-refractivity contribution in [3.8, 4) is 5.75 Å². The number of anilines is 1. The first-order valence-corrected chi connectivity index (χ1v) is 10.8. The van der Waals surface area contributed by atoms with Gasteiger partial charge in [0.2, 0.25) is 0 Å². The molecular weight excluding hydrogens is 410 g/mol. The molecule has 0 unspecified atom stereocenters. The van der Waals surface area contributed by atoms with Gasteiger partial charge in [-0.15, -0.1) is 0 Å². The van der Waals surface area contributed by atoms with Crippen LogP contribution in [0.15, 0.2) is 47.4 Å². The standard InChI is InChI=1S/C20H25N3O6S/c1-22(30(26,27)17-8-6-16(28-2)7-9-17)19-15(14-23-10-12-29-13-11-23)4-3-5-18(19)20(24)21-25/h3-9,25H,10-14H2,1-2H3,(H,21,24). The average Bonchev–Trinajstić information content (AvgIpc) is 2.78. The molecule has 162 valence electrons. The normalized spacial score (nSPS) is 14.9. The molecule has 9 nitrogen and oxygen atoms in total. The molecule has 3 rings (SSSR count). The van der Waals surface area contributed by atoms with E-state index < -0.39 is 15.9 Å². The fourth-order valence-electron chi connectivity index (χ4n) is 3.36. The van der Waals surface area contributed by atoms with E-state index >= 15 is 0 Å². The van der Waals surface area contributed by atoms with Crippen LogP contribution in [0.5, 0.6) is 5.75 Å². The molecular formula is C20H25N3O6S. The lowest BCUT2D eigenvalue weighted by Gasteiger charge is -2.30. The highest BCUT2D eigenvalue weighted by Gasteiger charge is 2.28. The Bertz CT molecular complexity index is 988. The van der Waals surface area contributed by atoms with Gasteiger partial charge in [-0.3, -0.25) is 19.2 Å². The second kappa shape index (κ2) is 9.43. The first-order chi connectivity index (χ1) is 14.4. The number of hydroxylamine groups is 1. The van der Waals surface area contributed by atoms with Crippen LogP contribution in [0.4, 0.5) is 5.69 Å². The van der Waals surface area contributed by atoms with Crippen molar-refractivity contribution in [2.75, 3.05) is 44.8 Å². The van der Waals surface area contributed by atoms with Crippen molar-refractivity contribution in [3.63, 3.8) is 0 Å². The first-order valence-electron chi connectivity index (χ1n) is 9.38. The maximum Gasteiger partial charge on any atom is 0.276 e. The number of carbonyl (C=O) groups is 1. The highest BCUT2D eigenvalue weighted by atomic mass is 32.2. The second-order valence-corrected chi connectivity index (χ2v) is 8.76. The average molecular weight is 436 g/mol. The Morgan fingerprint density at radius 2 is 1.87 bits per heavy atom. The van der Waals surface area contributed by atoms with Crippen LogP contribution in [0.3, 0.4) is 0 Å². The topological polar surface area (TPSA) is 108 Å². The Labute approximate surface area is 175 Å². The van der Waals surface area contributed by atoms with Crippen LogP contribution in [0.2, 0.25) is 0 Å². The zero-order valence-corrected chi connectivity index (χ0v) is 17.7. The van der Waals surface area contributed by atoms with Gasteiger partial charge in [-0.1, -0.05) is 12.1 Å². The Kier molecular flexibility index (Phi) is 6.93. The largest absolute Gasteiger partial charge is 0.497 e. The summed E-state index contributed by atoms with van der Waals surface area (Å²) < 4.78 is 38.1. The minimum Gasteiger partial charge on any atom is -0.497 e. The molecule has 10 heteroatoms. The summed E-state index contributed by atoms with van der Waals surface area (Å²) in [5.41, 5.74) is 2.53. The molecule has 0 bridgehead atoms. The molecule has 2 aromatic carbocycles. The van der Waals surface area contributed by atoms with Gasteiger partial charge >= 0.3 is 0 Å². The number of rotatable bonds is 7. The number of benzene rings is 2. The molecule has 2 aromatic rings. The molecule has 1 aliphatic heterocycles.